The molecule has 1 atom stereocenters. The smallest absolute Gasteiger partial charge is 0.227 e. The van der Waals surface area contributed by atoms with Crippen molar-refractivity contribution in [2.45, 2.75) is 13.3 Å². The van der Waals surface area contributed by atoms with Crippen LogP contribution in [-0.4, -0.2) is 23.3 Å². The van der Waals surface area contributed by atoms with Crippen molar-refractivity contribution in [3.8, 4) is 0 Å². The Kier molecular flexibility index (Phi) is 4.52. The molecule has 2 rings (SSSR count). The lowest BCUT2D eigenvalue weighted by molar-refractivity contribution is -0.117. The monoisotopic (exact) mass is 342 g/mol. The van der Waals surface area contributed by atoms with E-state index in [0.29, 0.717) is 24.4 Å². The van der Waals surface area contributed by atoms with Crippen LogP contribution in [-0.2, 0) is 9.59 Å². The average molecular weight is 343 g/mol. The van der Waals surface area contributed by atoms with Gasteiger partial charge in [-0.15, -0.1) is 0 Å². The van der Waals surface area contributed by atoms with Gasteiger partial charge >= 0.3 is 0 Å². The number of carbonyl (C=O) groups is 2. The molecule has 4 nitrogen and oxygen atoms in total. The SMILES string of the molecule is CC(=O)SCC1CC(=O)N(c2ccc(Br)cc2N)C1. The molecule has 0 aromatic heterocycles. The van der Waals surface area contributed by atoms with Gasteiger partial charge in [-0.2, -0.15) is 0 Å². The van der Waals surface area contributed by atoms with Crippen molar-refractivity contribution in [3.63, 3.8) is 0 Å². The van der Waals surface area contributed by atoms with Crippen molar-refractivity contribution >= 4 is 50.1 Å². The van der Waals surface area contributed by atoms with E-state index in [-0.39, 0.29) is 16.9 Å². The fraction of sp³-hybridized carbons (Fsp3) is 0.385. The van der Waals surface area contributed by atoms with Crippen LogP contribution in [0.5, 0.6) is 0 Å². The van der Waals surface area contributed by atoms with Gasteiger partial charge in [-0.05, 0) is 24.1 Å². The summed E-state index contributed by atoms with van der Waals surface area (Å²) in [4.78, 5) is 24.7. The fourth-order valence-electron chi connectivity index (χ4n) is 2.13. The number of nitrogens with zero attached hydrogens (tertiary/aromatic N) is 1. The van der Waals surface area contributed by atoms with Crippen molar-refractivity contribution in [2.75, 3.05) is 22.9 Å². The molecule has 0 saturated carbocycles. The molecule has 1 saturated heterocycles. The van der Waals surface area contributed by atoms with Crippen molar-refractivity contribution in [1.29, 1.82) is 0 Å². The second-order valence-electron chi connectivity index (χ2n) is 4.58. The molecule has 0 aliphatic carbocycles. The second-order valence-corrected chi connectivity index (χ2v) is 6.69. The number of nitrogen functional groups attached to an aromatic ring is 1. The van der Waals surface area contributed by atoms with Crippen LogP contribution >= 0.6 is 27.7 Å². The zero-order valence-electron chi connectivity index (χ0n) is 10.6. The van der Waals surface area contributed by atoms with E-state index in [1.54, 1.807) is 17.9 Å². The highest BCUT2D eigenvalue weighted by Crippen LogP contribution is 2.32. The normalized spacial score (nSPS) is 18.9. The van der Waals surface area contributed by atoms with E-state index >= 15 is 0 Å². The summed E-state index contributed by atoms with van der Waals surface area (Å²) in [7, 11) is 0. The van der Waals surface area contributed by atoms with Gasteiger partial charge in [-0.3, -0.25) is 9.59 Å². The summed E-state index contributed by atoms with van der Waals surface area (Å²) in [5.41, 5.74) is 7.29. The first-order chi connectivity index (χ1) is 8.97. The molecule has 1 aliphatic heterocycles. The molecule has 2 N–H and O–H groups in total. The summed E-state index contributed by atoms with van der Waals surface area (Å²) in [6.45, 7) is 2.18. The van der Waals surface area contributed by atoms with Gasteiger partial charge in [-0.1, -0.05) is 27.7 Å². The first kappa shape index (κ1) is 14.4. The van der Waals surface area contributed by atoms with Crippen LogP contribution in [0.1, 0.15) is 13.3 Å². The van der Waals surface area contributed by atoms with E-state index in [1.807, 2.05) is 12.1 Å². The van der Waals surface area contributed by atoms with Crippen LogP contribution in [0, 0.1) is 5.92 Å². The Hall–Kier alpha value is -1.01. The van der Waals surface area contributed by atoms with Crippen LogP contribution < -0.4 is 10.6 Å². The van der Waals surface area contributed by atoms with Gasteiger partial charge in [0.2, 0.25) is 5.91 Å². The molecular weight excluding hydrogens is 328 g/mol. The van der Waals surface area contributed by atoms with Gasteiger partial charge in [0.05, 0.1) is 11.4 Å². The Bertz CT molecular complexity index is 521. The minimum atomic E-state index is 0.0724. The summed E-state index contributed by atoms with van der Waals surface area (Å²) in [5, 5.41) is 0.0917. The summed E-state index contributed by atoms with van der Waals surface area (Å²) in [6.07, 6.45) is 0.482. The Morgan fingerprint density at radius 1 is 1.58 bits per heavy atom. The number of halogens is 1. The molecule has 0 spiro atoms. The number of benzene rings is 1. The maximum atomic E-state index is 12.0. The molecule has 0 radical (unpaired) electrons. The molecule has 1 unspecified atom stereocenters. The summed E-state index contributed by atoms with van der Waals surface area (Å²) < 4.78 is 0.893. The Morgan fingerprint density at radius 3 is 2.95 bits per heavy atom. The zero-order chi connectivity index (χ0) is 14.0. The van der Waals surface area contributed by atoms with Crippen LogP contribution in [0.2, 0.25) is 0 Å². The van der Waals surface area contributed by atoms with Crippen molar-refractivity contribution < 1.29 is 9.59 Å². The summed E-state index contributed by atoms with van der Waals surface area (Å²) in [6, 6.07) is 5.51. The van der Waals surface area contributed by atoms with Gasteiger partial charge in [0.25, 0.3) is 0 Å². The molecule has 0 bridgehead atoms. The molecule has 1 amide bonds. The molecule has 1 aliphatic rings. The molecule has 1 fully saturated rings. The van der Waals surface area contributed by atoms with E-state index in [0.717, 1.165) is 10.2 Å². The predicted molar refractivity (Wildman–Crippen MR) is 82.2 cm³/mol. The molecular formula is C13H15BrN2O2S. The van der Waals surface area contributed by atoms with E-state index in [2.05, 4.69) is 15.9 Å². The third-order valence-corrected chi connectivity index (χ3v) is 4.55. The topological polar surface area (TPSA) is 63.4 Å². The zero-order valence-corrected chi connectivity index (χ0v) is 13.0. The van der Waals surface area contributed by atoms with Gasteiger partial charge in [0, 0.05) is 30.1 Å². The third kappa shape index (κ3) is 3.51. The number of anilines is 2. The highest BCUT2D eigenvalue weighted by molar-refractivity contribution is 9.10. The van der Waals surface area contributed by atoms with E-state index in [4.69, 9.17) is 5.73 Å². The summed E-state index contributed by atoms with van der Waals surface area (Å²) >= 11 is 4.63. The summed E-state index contributed by atoms with van der Waals surface area (Å²) in [5.74, 6) is 0.973. The maximum Gasteiger partial charge on any atom is 0.227 e. The van der Waals surface area contributed by atoms with Crippen LogP contribution in [0.3, 0.4) is 0 Å². The molecule has 1 aromatic carbocycles. The Balaban J connectivity index is 2.09. The van der Waals surface area contributed by atoms with Crippen molar-refractivity contribution in [2.24, 2.45) is 5.92 Å². The van der Waals surface area contributed by atoms with Gasteiger partial charge in [0.15, 0.2) is 5.12 Å². The minimum absolute atomic E-state index is 0.0724. The van der Waals surface area contributed by atoms with E-state index < -0.39 is 0 Å². The Morgan fingerprint density at radius 2 is 2.32 bits per heavy atom. The number of amides is 1. The number of thioether (sulfide) groups is 1. The molecule has 19 heavy (non-hydrogen) atoms. The van der Waals surface area contributed by atoms with Gasteiger partial charge in [0.1, 0.15) is 0 Å². The molecule has 1 aromatic rings. The van der Waals surface area contributed by atoms with Gasteiger partial charge < -0.3 is 10.6 Å². The quantitative estimate of drug-likeness (QED) is 0.857. The van der Waals surface area contributed by atoms with Crippen LogP contribution in [0.4, 0.5) is 11.4 Å². The molecule has 6 heteroatoms. The van der Waals surface area contributed by atoms with Gasteiger partial charge in [-0.25, -0.2) is 0 Å². The lowest BCUT2D eigenvalue weighted by atomic mass is 10.1. The van der Waals surface area contributed by atoms with Crippen molar-refractivity contribution in [1.82, 2.24) is 0 Å². The number of rotatable bonds is 3. The predicted octanol–water partition coefficient (Wildman–Crippen LogP) is 2.66. The lowest BCUT2D eigenvalue weighted by Crippen LogP contribution is -2.25. The first-order valence-electron chi connectivity index (χ1n) is 5.96. The number of hydrogen-bond donors (Lipinski definition) is 1. The average Bonchev–Trinajstić information content (AvgIpc) is 2.68. The standard InChI is InChI=1S/C13H15BrN2O2S/c1-8(17)19-7-9-4-13(18)16(6-9)12-3-2-10(14)5-11(12)15/h2-3,5,9H,4,6-7,15H2,1H3. The minimum Gasteiger partial charge on any atom is -0.397 e. The maximum absolute atomic E-state index is 12.0. The largest absolute Gasteiger partial charge is 0.397 e. The van der Waals surface area contributed by atoms with Crippen molar-refractivity contribution in [3.05, 3.63) is 22.7 Å². The number of hydrogen-bond acceptors (Lipinski definition) is 4. The Labute approximate surface area is 124 Å². The van der Waals surface area contributed by atoms with Crippen LogP contribution in [0.25, 0.3) is 0 Å². The molecule has 102 valence electrons. The van der Waals surface area contributed by atoms with E-state index in [9.17, 15) is 9.59 Å². The second kappa shape index (κ2) is 5.96. The number of carbonyl (C=O) groups excluding carboxylic acids is 2. The highest BCUT2D eigenvalue weighted by Gasteiger charge is 2.31. The van der Waals surface area contributed by atoms with Crippen LogP contribution in [0.15, 0.2) is 22.7 Å². The number of nitrogens with two attached hydrogens (primary N) is 1. The fourth-order valence-corrected chi connectivity index (χ4v) is 3.20. The van der Waals surface area contributed by atoms with E-state index in [1.165, 1.54) is 11.8 Å². The first-order valence-corrected chi connectivity index (χ1v) is 7.74. The third-order valence-electron chi connectivity index (χ3n) is 3.01. The highest BCUT2D eigenvalue weighted by atomic mass is 79.9. The molecule has 1 heterocycles. The lowest BCUT2D eigenvalue weighted by Gasteiger charge is -2.18.